The number of nitrogens with one attached hydrogen (secondary N) is 2. The molecular formula is C18H20ClF3N4O. The molecule has 5 nitrogen and oxygen atoms in total. The van der Waals surface area contributed by atoms with Crippen molar-refractivity contribution in [1.82, 2.24) is 14.8 Å². The third kappa shape index (κ3) is 4.82. The Labute approximate surface area is 159 Å². The minimum absolute atomic E-state index is 0.208. The smallest absolute Gasteiger partial charge is 0.382 e. The molecule has 0 bridgehead atoms. The fraction of sp³-hybridized carbons (Fsp3) is 0.389. The van der Waals surface area contributed by atoms with E-state index in [0.29, 0.717) is 12.2 Å². The van der Waals surface area contributed by atoms with Crippen molar-refractivity contribution in [2.45, 2.75) is 6.18 Å². The van der Waals surface area contributed by atoms with Crippen LogP contribution in [0.2, 0.25) is 5.02 Å². The van der Waals surface area contributed by atoms with E-state index in [9.17, 15) is 18.0 Å². The Morgan fingerprint density at radius 2 is 1.89 bits per heavy atom. The van der Waals surface area contributed by atoms with Crippen LogP contribution in [0.3, 0.4) is 0 Å². The zero-order valence-electron chi connectivity index (χ0n) is 14.5. The molecule has 0 amide bonds. The van der Waals surface area contributed by atoms with Gasteiger partial charge in [-0.15, -0.1) is 0 Å². The summed E-state index contributed by atoms with van der Waals surface area (Å²) in [5.41, 5.74) is -0.702. The van der Waals surface area contributed by atoms with Crippen molar-refractivity contribution in [3.05, 3.63) is 57.5 Å². The maximum atomic E-state index is 13.0. The SMILES string of the molecule is O=c1ccc(C(F)(F)F)cn1-c1cccc(NCCN2CCNCC2)c1Cl. The van der Waals surface area contributed by atoms with Crippen molar-refractivity contribution in [3.8, 4) is 5.69 Å². The Kier molecular flexibility index (Phi) is 6.08. The summed E-state index contributed by atoms with van der Waals surface area (Å²) in [7, 11) is 0. The molecule has 1 aliphatic heterocycles. The van der Waals surface area contributed by atoms with E-state index in [1.807, 2.05) is 0 Å². The standard InChI is InChI=1S/C18H20ClF3N4O/c19-17-14(24-8-11-25-9-6-23-7-10-25)2-1-3-15(17)26-12-13(18(20,21)22)4-5-16(26)27/h1-5,12,23-24H,6-11H2. The molecule has 27 heavy (non-hydrogen) atoms. The van der Waals surface area contributed by atoms with Crippen LogP contribution in [-0.4, -0.2) is 48.7 Å². The molecule has 9 heteroatoms. The lowest BCUT2D eigenvalue weighted by Crippen LogP contribution is -2.45. The van der Waals surface area contributed by atoms with Crippen LogP contribution in [0.4, 0.5) is 18.9 Å². The van der Waals surface area contributed by atoms with Gasteiger partial charge in [-0.3, -0.25) is 14.3 Å². The van der Waals surface area contributed by atoms with Gasteiger partial charge in [0.2, 0.25) is 0 Å². The highest BCUT2D eigenvalue weighted by molar-refractivity contribution is 6.35. The molecule has 0 saturated carbocycles. The van der Waals surface area contributed by atoms with E-state index >= 15 is 0 Å². The van der Waals surface area contributed by atoms with Crippen LogP contribution in [0.25, 0.3) is 5.69 Å². The zero-order chi connectivity index (χ0) is 19.4. The fourth-order valence-electron chi connectivity index (χ4n) is 2.97. The number of halogens is 4. The maximum Gasteiger partial charge on any atom is 0.417 e. The van der Waals surface area contributed by atoms with E-state index in [2.05, 4.69) is 15.5 Å². The highest BCUT2D eigenvalue weighted by Crippen LogP contribution is 2.31. The normalized spacial score (nSPS) is 15.7. The third-order valence-electron chi connectivity index (χ3n) is 4.43. The first kappa shape index (κ1) is 19.7. The van der Waals surface area contributed by atoms with Gasteiger partial charge in [-0.2, -0.15) is 13.2 Å². The number of benzene rings is 1. The van der Waals surface area contributed by atoms with Gasteiger partial charge in [-0.25, -0.2) is 0 Å². The number of aromatic nitrogens is 1. The lowest BCUT2D eigenvalue weighted by Gasteiger charge is -2.27. The van der Waals surface area contributed by atoms with Crippen LogP contribution in [0, 0.1) is 0 Å². The topological polar surface area (TPSA) is 49.3 Å². The molecule has 2 aromatic rings. The Hall–Kier alpha value is -2.03. The van der Waals surface area contributed by atoms with E-state index in [1.165, 1.54) is 6.07 Å². The average Bonchev–Trinajstić information content (AvgIpc) is 2.64. The zero-order valence-corrected chi connectivity index (χ0v) is 15.3. The summed E-state index contributed by atoms with van der Waals surface area (Å²) in [5.74, 6) is 0. The van der Waals surface area contributed by atoms with Gasteiger partial charge in [0, 0.05) is 51.5 Å². The molecule has 2 heterocycles. The summed E-state index contributed by atoms with van der Waals surface area (Å²) in [4.78, 5) is 14.4. The molecule has 1 saturated heterocycles. The number of hydrogen-bond acceptors (Lipinski definition) is 4. The van der Waals surface area contributed by atoms with Crippen molar-refractivity contribution in [3.63, 3.8) is 0 Å². The highest BCUT2D eigenvalue weighted by Gasteiger charge is 2.31. The summed E-state index contributed by atoms with van der Waals surface area (Å²) < 4.78 is 39.8. The van der Waals surface area contributed by atoms with Gasteiger partial charge in [0.15, 0.2) is 0 Å². The van der Waals surface area contributed by atoms with Crippen molar-refractivity contribution in [2.75, 3.05) is 44.6 Å². The van der Waals surface area contributed by atoms with Gasteiger partial charge < -0.3 is 10.6 Å². The predicted molar refractivity (Wildman–Crippen MR) is 99.9 cm³/mol. The van der Waals surface area contributed by atoms with E-state index in [4.69, 9.17) is 11.6 Å². The van der Waals surface area contributed by atoms with Crippen LogP contribution in [0.15, 0.2) is 41.3 Å². The van der Waals surface area contributed by atoms with E-state index in [0.717, 1.165) is 55.6 Å². The minimum atomic E-state index is -4.54. The Balaban J connectivity index is 1.79. The molecular weight excluding hydrogens is 381 g/mol. The second kappa shape index (κ2) is 8.33. The largest absolute Gasteiger partial charge is 0.417 e. The van der Waals surface area contributed by atoms with Crippen LogP contribution in [0.5, 0.6) is 0 Å². The molecule has 1 aromatic carbocycles. The summed E-state index contributed by atoms with van der Waals surface area (Å²) in [6.07, 6.45) is -3.77. The fourth-order valence-corrected chi connectivity index (χ4v) is 3.25. The van der Waals surface area contributed by atoms with E-state index in [-0.39, 0.29) is 10.7 Å². The first-order valence-corrected chi connectivity index (χ1v) is 9.00. The van der Waals surface area contributed by atoms with Crippen molar-refractivity contribution >= 4 is 17.3 Å². The van der Waals surface area contributed by atoms with Crippen molar-refractivity contribution in [2.24, 2.45) is 0 Å². The van der Waals surface area contributed by atoms with Gasteiger partial charge in [-0.05, 0) is 18.2 Å². The molecule has 0 radical (unpaired) electrons. The summed E-state index contributed by atoms with van der Waals surface area (Å²) in [6, 6.07) is 6.57. The number of anilines is 1. The lowest BCUT2D eigenvalue weighted by molar-refractivity contribution is -0.138. The Morgan fingerprint density at radius 3 is 2.59 bits per heavy atom. The monoisotopic (exact) mass is 400 g/mol. The molecule has 0 spiro atoms. The second-order valence-electron chi connectivity index (χ2n) is 6.28. The summed E-state index contributed by atoms with van der Waals surface area (Å²) >= 11 is 6.38. The van der Waals surface area contributed by atoms with Gasteiger partial charge in [0.25, 0.3) is 5.56 Å². The van der Waals surface area contributed by atoms with Crippen LogP contribution in [-0.2, 0) is 6.18 Å². The third-order valence-corrected chi connectivity index (χ3v) is 4.83. The maximum absolute atomic E-state index is 13.0. The molecule has 2 N–H and O–H groups in total. The number of alkyl halides is 3. The molecule has 146 valence electrons. The molecule has 0 atom stereocenters. The van der Waals surface area contributed by atoms with Gasteiger partial charge in [0.1, 0.15) is 0 Å². The number of piperazine rings is 1. The molecule has 3 rings (SSSR count). The van der Waals surface area contributed by atoms with Crippen molar-refractivity contribution < 1.29 is 13.2 Å². The van der Waals surface area contributed by atoms with E-state index in [1.54, 1.807) is 12.1 Å². The highest BCUT2D eigenvalue weighted by atomic mass is 35.5. The molecule has 0 aliphatic carbocycles. The Bertz CT molecular complexity index is 847. The van der Waals surface area contributed by atoms with Crippen LogP contribution >= 0.6 is 11.6 Å². The molecule has 1 fully saturated rings. The molecule has 1 aliphatic rings. The number of rotatable bonds is 5. The first-order chi connectivity index (χ1) is 12.9. The number of pyridine rings is 1. The van der Waals surface area contributed by atoms with E-state index < -0.39 is 17.3 Å². The average molecular weight is 401 g/mol. The Morgan fingerprint density at radius 1 is 1.15 bits per heavy atom. The lowest BCUT2D eigenvalue weighted by atomic mass is 10.2. The summed E-state index contributed by atoms with van der Waals surface area (Å²) in [5, 5.41) is 6.69. The first-order valence-electron chi connectivity index (χ1n) is 8.62. The van der Waals surface area contributed by atoms with Gasteiger partial charge in [0.05, 0.1) is 22.0 Å². The quantitative estimate of drug-likeness (QED) is 0.810. The number of hydrogen-bond donors (Lipinski definition) is 2. The van der Waals surface area contributed by atoms with Gasteiger partial charge in [-0.1, -0.05) is 17.7 Å². The second-order valence-corrected chi connectivity index (χ2v) is 6.66. The van der Waals surface area contributed by atoms with Crippen molar-refractivity contribution in [1.29, 1.82) is 0 Å². The molecule has 0 unspecified atom stereocenters. The van der Waals surface area contributed by atoms with Gasteiger partial charge >= 0.3 is 6.18 Å². The number of nitrogens with zero attached hydrogens (tertiary/aromatic N) is 2. The van der Waals surface area contributed by atoms with Crippen LogP contribution in [0.1, 0.15) is 5.56 Å². The summed E-state index contributed by atoms with van der Waals surface area (Å²) in [6.45, 7) is 5.31. The van der Waals surface area contributed by atoms with Crippen LogP contribution < -0.4 is 16.2 Å². The minimum Gasteiger partial charge on any atom is -0.382 e. The molecule has 1 aromatic heterocycles. The predicted octanol–water partition coefficient (Wildman–Crippen LogP) is 2.83.